The van der Waals surface area contributed by atoms with Gasteiger partial charge in [-0.3, -0.25) is 0 Å². The number of halogens is 5. The fourth-order valence-electron chi connectivity index (χ4n) is 2.08. The monoisotopic (exact) mass is 357 g/mol. The van der Waals surface area contributed by atoms with Gasteiger partial charge in [0, 0.05) is 5.39 Å². The second-order valence-corrected chi connectivity index (χ2v) is 5.49. The molecule has 0 atom stereocenters. The fraction of sp³-hybridized carbons (Fsp3) is 0.0667. The largest absolute Gasteiger partial charge is 0.416 e. The summed E-state index contributed by atoms with van der Waals surface area (Å²) in [5.74, 6) is 0.402. The van der Waals surface area contributed by atoms with Crippen molar-refractivity contribution < 1.29 is 13.2 Å². The molecule has 0 bridgehead atoms. The van der Waals surface area contributed by atoms with Crippen molar-refractivity contribution in [2.45, 2.75) is 6.18 Å². The SMILES string of the molecule is FC(F)(F)c1cc(Cl)c(Nc2ncnc3ccccc23)c(Cl)c1. The zero-order valence-corrected chi connectivity index (χ0v) is 12.8. The molecule has 2 aromatic carbocycles. The molecular formula is C15H8Cl2F3N3. The lowest BCUT2D eigenvalue weighted by molar-refractivity contribution is -0.137. The minimum Gasteiger partial charge on any atom is -0.337 e. The summed E-state index contributed by atoms with van der Waals surface area (Å²) >= 11 is 11.9. The summed E-state index contributed by atoms with van der Waals surface area (Å²) in [4.78, 5) is 8.20. The van der Waals surface area contributed by atoms with E-state index in [9.17, 15) is 13.2 Å². The van der Waals surface area contributed by atoms with Crippen molar-refractivity contribution in [3.63, 3.8) is 0 Å². The lowest BCUT2D eigenvalue weighted by Crippen LogP contribution is -2.06. The molecule has 0 fully saturated rings. The van der Waals surface area contributed by atoms with Crippen LogP contribution in [0.4, 0.5) is 24.7 Å². The predicted molar refractivity (Wildman–Crippen MR) is 84.3 cm³/mol. The maximum absolute atomic E-state index is 12.8. The van der Waals surface area contributed by atoms with E-state index >= 15 is 0 Å². The number of aromatic nitrogens is 2. The highest BCUT2D eigenvalue weighted by Gasteiger charge is 2.32. The molecule has 3 rings (SSSR count). The smallest absolute Gasteiger partial charge is 0.337 e. The molecule has 0 aliphatic carbocycles. The molecule has 118 valence electrons. The van der Waals surface area contributed by atoms with E-state index in [-0.39, 0.29) is 15.7 Å². The Hall–Kier alpha value is -2.05. The summed E-state index contributed by atoms with van der Waals surface area (Å²) in [6.07, 6.45) is -3.18. The van der Waals surface area contributed by atoms with E-state index in [0.29, 0.717) is 16.7 Å². The Morgan fingerprint density at radius 3 is 2.26 bits per heavy atom. The van der Waals surface area contributed by atoms with Gasteiger partial charge < -0.3 is 5.32 Å². The van der Waals surface area contributed by atoms with Crippen LogP contribution in [0.15, 0.2) is 42.7 Å². The Bertz CT molecular complexity index is 853. The maximum atomic E-state index is 12.8. The molecule has 8 heteroatoms. The Balaban J connectivity index is 2.06. The molecule has 0 aliphatic heterocycles. The van der Waals surface area contributed by atoms with Gasteiger partial charge in [0.2, 0.25) is 0 Å². The molecule has 3 nitrogen and oxygen atoms in total. The van der Waals surface area contributed by atoms with E-state index in [1.54, 1.807) is 18.2 Å². The van der Waals surface area contributed by atoms with Crippen molar-refractivity contribution in [1.29, 1.82) is 0 Å². The van der Waals surface area contributed by atoms with E-state index in [4.69, 9.17) is 23.2 Å². The van der Waals surface area contributed by atoms with Crippen LogP contribution >= 0.6 is 23.2 Å². The van der Waals surface area contributed by atoms with Crippen molar-refractivity contribution in [2.24, 2.45) is 0 Å². The highest BCUT2D eigenvalue weighted by molar-refractivity contribution is 6.39. The number of hydrogen-bond acceptors (Lipinski definition) is 3. The molecule has 0 aliphatic rings. The maximum Gasteiger partial charge on any atom is 0.416 e. The first kappa shape index (κ1) is 15.8. The summed E-state index contributed by atoms with van der Waals surface area (Å²) in [5.41, 5.74) is -0.0695. The Labute approximate surface area is 139 Å². The van der Waals surface area contributed by atoms with E-state index in [2.05, 4.69) is 15.3 Å². The second-order valence-electron chi connectivity index (χ2n) is 4.68. The highest BCUT2D eigenvalue weighted by atomic mass is 35.5. The predicted octanol–water partition coefficient (Wildman–Crippen LogP) is 5.70. The quantitative estimate of drug-likeness (QED) is 0.639. The fourth-order valence-corrected chi connectivity index (χ4v) is 2.66. The van der Waals surface area contributed by atoms with Crippen LogP contribution in [0.2, 0.25) is 10.0 Å². The summed E-state index contributed by atoms with van der Waals surface area (Å²) in [7, 11) is 0. The zero-order valence-electron chi connectivity index (χ0n) is 11.3. The summed E-state index contributed by atoms with van der Waals surface area (Å²) in [6, 6.07) is 8.82. The molecule has 0 amide bonds. The van der Waals surface area contributed by atoms with Crippen LogP contribution in [0.1, 0.15) is 5.56 Å². The second kappa shape index (κ2) is 5.86. The van der Waals surface area contributed by atoms with Gasteiger partial charge in [0.1, 0.15) is 12.1 Å². The third-order valence-corrected chi connectivity index (χ3v) is 3.75. The number of rotatable bonds is 2. The number of hydrogen-bond donors (Lipinski definition) is 1. The van der Waals surface area contributed by atoms with E-state index in [1.807, 2.05) is 6.07 Å². The highest BCUT2D eigenvalue weighted by Crippen LogP contribution is 2.40. The normalized spacial score (nSPS) is 11.7. The van der Waals surface area contributed by atoms with Crippen LogP contribution in [0.25, 0.3) is 10.9 Å². The number of para-hydroxylation sites is 1. The van der Waals surface area contributed by atoms with Crippen molar-refractivity contribution in [1.82, 2.24) is 9.97 Å². The molecule has 1 N–H and O–H groups in total. The number of nitrogens with one attached hydrogen (secondary N) is 1. The third-order valence-electron chi connectivity index (χ3n) is 3.16. The molecule has 0 spiro atoms. The first-order valence-electron chi connectivity index (χ1n) is 6.39. The third kappa shape index (κ3) is 3.18. The van der Waals surface area contributed by atoms with Crippen molar-refractivity contribution in [3.05, 3.63) is 58.3 Å². The number of benzene rings is 2. The molecule has 0 saturated heterocycles. The minimum absolute atomic E-state index is 0.146. The molecule has 3 aromatic rings. The average Bonchev–Trinajstić information content (AvgIpc) is 2.50. The lowest BCUT2D eigenvalue weighted by Gasteiger charge is -2.14. The lowest BCUT2D eigenvalue weighted by atomic mass is 10.2. The molecular weight excluding hydrogens is 350 g/mol. The number of anilines is 2. The van der Waals surface area contributed by atoms with Gasteiger partial charge in [-0.2, -0.15) is 13.2 Å². The zero-order chi connectivity index (χ0) is 16.6. The van der Waals surface area contributed by atoms with Gasteiger partial charge in [0.05, 0.1) is 26.8 Å². The average molecular weight is 358 g/mol. The van der Waals surface area contributed by atoms with Crippen molar-refractivity contribution >= 4 is 45.6 Å². The van der Waals surface area contributed by atoms with E-state index < -0.39 is 11.7 Å². The number of alkyl halides is 3. The number of fused-ring (bicyclic) bond motifs is 1. The Morgan fingerprint density at radius 1 is 0.957 bits per heavy atom. The van der Waals surface area contributed by atoms with Gasteiger partial charge in [-0.05, 0) is 24.3 Å². The Kier molecular flexibility index (Phi) is 4.04. The Morgan fingerprint density at radius 2 is 1.61 bits per heavy atom. The van der Waals surface area contributed by atoms with Gasteiger partial charge in [0.15, 0.2) is 0 Å². The first-order chi connectivity index (χ1) is 10.9. The molecule has 0 unspecified atom stereocenters. The number of nitrogens with zero attached hydrogens (tertiary/aromatic N) is 2. The van der Waals surface area contributed by atoms with Crippen LogP contribution < -0.4 is 5.32 Å². The van der Waals surface area contributed by atoms with Gasteiger partial charge >= 0.3 is 6.18 Å². The van der Waals surface area contributed by atoms with Crippen LogP contribution in [0.3, 0.4) is 0 Å². The van der Waals surface area contributed by atoms with Gasteiger partial charge in [-0.1, -0.05) is 35.3 Å². The first-order valence-corrected chi connectivity index (χ1v) is 7.15. The van der Waals surface area contributed by atoms with Crippen molar-refractivity contribution in [2.75, 3.05) is 5.32 Å². The van der Waals surface area contributed by atoms with Gasteiger partial charge in [-0.15, -0.1) is 0 Å². The van der Waals surface area contributed by atoms with Gasteiger partial charge in [0.25, 0.3) is 0 Å². The van der Waals surface area contributed by atoms with Crippen LogP contribution in [0, 0.1) is 0 Å². The minimum atomic E-state index is -4.52. The molecule has 1 aromatic heterocycles. The van der Waals surface area contributed by atoms with E-state index in [0.717, 1.165) is 12.1 Å². The summed E-state index contributed by atoms with van der Waals surface area (Å²) < 4.78 is 38.3. The van der Waals surface area contributed by atoms with Crippen LogP contribution in [0.5, 0.6) is 0 Å². The molecule has 1 heterocycles. The van der Waals surface area contributed by atoms with Gasteiger partial charge in [-0.25, -0.2) is 9.97 Å². The van der Waals surface area contributed by atoms with Crippen molar-refractivity contribution in [3.8, 4) is 0 Å². The molecule has 0 saturated carbocycles. The van der Waals surface area contributed by atoms with Crippen LogP contribution in [-0.2, 0) is 6.18 Å². The van der Waals surface area contributed by atoms with E-state index in [1.165, 1.54) is 6.33 Å². The molecule has 23 heavy (non-hydrogen) atoms. The van der Waals surface area contributed by atoms with Crippen LogP contribution in [-0.4, -0.2) is 9.97 Å². The summed E-state index contributed by atoms with van der Waals surface area (Å²) in [6.45, 7) is 0. The summed E-state index contributed by atoms with van der Waals surface area (Å²) in [5, 5.41) is 3.28. The standard InChI is InChI=1S/C15H8Cl2F3N3/c16-10-5-8(15(18,19)20)6-11(17)13(10)23-14-9-3-1-2-4-12(9)21-7-22-14/h1-7H,(H,21,22,23). The molecule has 0 radical (unpaired) electrons. The topological polar surface area (TPSA) is 37.8 Å².